The van der Waals surface area contributed by atoms with Crippen LogP contribution in [0.25, 0.3) is 0 Å². The van der Waals surface area contributed by atoms with Crippen LogP contribution >= 0.6 is 0 Å². The summed E-state index contributed by atoms with van der Waals surface area (Å²) >= 11 is 0. The van der Waals surface area contributed by atoms with E-state index in [0.717, 1.165) is 5.56 Å². The summed E-state index contributed by atoms with van der Waals surface area (Å²) in [5.74, 6) is 0. The van der Waals surface area contributed by atoms with Crippen LogP contribution in [0.3, 0.4) is 0 Å². The summed E-state index contributed by atoms with van der Waals surface area (Å²) in [7, 11) is 0. The first-order chi connectivity index (χ1) is 10.0. The van der Waals surface area contributed by atoms with Gasteiger partial charge in [-0.3, -0.25) is 0 Å². The van der Waals surface area contributed by atoms with Crippen molar-refractivity contribution in [1.82, 2.24) is 15.0 Å². The number of aliphatic hydroxyl groups excluding tert-OH is 1. The van der Waals surface area contributed by atoms with E-state index in [0.29, 0.717) is 12.2 Å². The van der Waals surface area contributed by atoms with Crippen molar-refractivity contribution < 1.29 is 14.6 Å². The minimum Gasteiger partial charge on any atom is -0.444 e. The number of carbonyl (C=O) groups is 1. The predicted molar refractivity (Wildman–Crippen MR) is 75.4 cm³/mol. The van der Waals surface area contributed by atoms with Crippen molar-refractivity contribution >= 4 is 6.09 Å². The number of nitrogens with two attached hydrogens (primary N) is 1. The molecule has 1 amide bonds. The zero-order chi connectivity index (χ0) is 15.2. The van der Waals surface area contributed by atoms with Gasteiger partial charge in [-0.2, -0.15) is 0 Å². The van der Waals surface area contributed by atoms with E-state index in [9.17, 15) is 9.90 Å². The highest BCUT2D eigenvalue weighted by molar-refractivity contribution is 5.64. The smallest absolute Gasteiger partial charge is 0.404 e. The lowest BCUT2D eigenvalue weighted by Gasteiger charge is -2.16. The molecule has 2 atom stereocenters. The second kappa shape index (κ2) is 6.85. The average molecular weight is 290 g/mol. The Morgan fingerprint density at radius 2 is 2.14 bits per heavy atom. The minimum atomic E-state index is -0.908. The standard InChI is InChI=1S/C14H18N4O3/c1-10(21-14(15)20)13(19)7-12-9-18(17-16-12)8-11-5-3-2-4-6-11/h2-6,9-10,13,19H,7-8H2,1H3,(H2,15,20). The molecule has 0 spiro atoms. The van der Waals surface area contributed by atoms with Gasteiger partial charge in [0.15, 0.2) is 0 Å². The number of nitrogens with zero attached hydrogens (tertiary/aromatic N) is 3. The summed E-state index contributed by atoms with van der Waals surface area (Å²) in [6, 6.07) is 9.87. The molecule has 1 heterocycles. The summed E-state index contributed by atoms with van der Waals surface area (Å²) in [5.41, 5.74) is 6.64. The molecular weight excluding hydrogens is 272 g/mol. The largest absolute Gasteiger partial charge is 0.444 e. The number of hydrogen-bond donors (Lipinski definition) is 2. The van der Waals surface area contributed by atoms with Crippen molar-refractivity contribution in [3.05, 3.63) is 47.8 Å². The molecule has 0 saturated carbocycles. The number of primary amides is 1. The van der Waals surface area contributed by atoms with E-state index in [1.807, 2.05) is 30.3 Å². The number of amides is 1. The molecule has 1 aromatic carbocycles. The second-order valence-electron chi connectivity index (χ2n) is 4.81. The number of ether oxygens (including phenoxy) is 1. The number of benzene rings is 1. The molecule has 0 aliphatic rings. The first-order valence-electron chi connectivity index (χ1n) is 6.61. The molecule has 3 N–H and O–H groups in total. The Labute approximate surface area is 122 Å². The lowest BCUT2D eigenvalue weighted by molar-refractivity contribution is 0.0167. The van der Waals surface area contributed by atoms with Crippen LogP contribution in [0, 0.1) is 0 Å². The van der Waals surface area contributed by atoms with Gasteiger partial charge in [0.25, 0.3) is 0 Å². The first-order valence-corrected chi connectivity index (χ1v) is 6.61. The Kier molecular flexibility index (Phi) is 4.89. The van der Waals surface area contributed by atoms with E-state index >= 15 is 0 Å². The van der Waals surface area contributed by atoms with Crippen LogP contribution in [-0.2, 0) is 17.7 Å². The monoisotopic (exact) mass is 290 g/mol. The van der Waals surface area contributed by atoms with E-state index < -0.39 is 18.3 Å². The molecule has 0 aliphatic heterocycles. The number of aliphatic hydroxyl groups is 1. The van der Waals surface area contributed by atoms with Crippen LogP contribution in [-0.4, -0.2) is 38.4 Å². The Hall–Kier alpha value is -2.41. The second-order valence-corrected chi connectivity index (χ2v) is 4.81. The van der Waals surface area contributed by atoms with E-state index in [2.05, 4.69) is 10.3 Å². The van der Waals surface area contributed by atoms with Crippen LogP contribution in [0.5, 0.6) is 0 Å². The highest BCUT2D eigenvalue weighted by Gasteiger charge is 2.19. The molecule has 1 aromatic heterocycles. The highest BCUT2D eigenvalue weighted by Crippen LogP contribution is 2.07. The first kappa shape index (κ1) is 15.0. The third-order valence-corrected chi connectivity index (χ3v) is 3.04. The van der Waals surface area contributed by atoms with Crippen LogP contribution in [0.4, 0.5) is 4.79 Å². The predicted octanol–water partition coefficient (Wildman–Crippen LogP) is 0.714. The third-order valence-electron chi connectivity index (χ3n) is 3.04. The fraction of sp³-hybridized carbons (Fsp3) is 0.357. The van der Waals surface area contributed by atoms with Gasteiger partial charge in [0.1, 0.15) is 6.10 Å². The van der Waals surface area contributed by atoms with Crippen LogP contribution in [0.1, 0.15) is 18.2 Å². The SMILES string of the molecule is CC(OC(N)=O)C(O)Cc1cn(Cc2ccccc2)nn1. The number of carbonyl (C=O) groups excluding carboxylic acids is 1. The molecule has 2 aromatic rings. The number of aromatic nitrogens is 3. The van der Waals surface area contributed by atoms with Crippen molar-refractivity contribution in [2.75, 3.05) is 0 Å². The van der Waals surface area contributed by atoms with Gasteiger partial charge in [0, 0.05) is 12.6 Å². The molecule has 21 heavy (non-hydrogen) atoms. The van der Waals surface area contributed by atoms with Crippen molar-refractivity contribution in [3.63, 3.8) is 0 Å². The summed E-state index contributed by atoms with van der Waals surface area (Å²) in [6.07, 6.45) is -0.480. The van der Waals surface area contributed by atoms with E-state index in [-0.39, 0.29) is 6.42 Å². The maximum Gasteiger partial charge on any atom is 0.404 e. The average Bonchev–Trinajstić information content (AvgIpc) is 2.86. The van der Waals surface area contributed by atoms with Crippen molar-refractivity contribution in [2.45, 2.75) is 32.1 Å². The van der Waals surface area contributed by atoms with Crippen LogP contribution in [0.15, 0.2) is 36.5 Å². The zero-order valence-electron chi connectivity index (χ0n) is 11.7. The Bertz CT molecular complexity index is 585. The number of rotatable bonds is 6. The molecule has 7 nitrogen and oxygen atoms in total. The summed E-state index contributed by atoms with van der Waals surface area (Å²) in [5, 5.41) is 17.9. The van der Waals surface area contributed by atoms with Crippen molar-refractivity contribution in [3.8, 4) is 0 Å². The van der Waals surface area contributed by atoms with Crippen LogP contribution < -0.4 is 5.73 Å². The van der Waals surface area contributed by atoms with Gasteiger partial charge >= 0.3 is 6.09 Å². The lowest BCUT2D eigenvalue weighted by atomic mass is 10.1. The highest BCUT2D eigenvalue weighted by atomic mass is 16.6. The normalized spacial score (nSPS) is 13.6. The molecule has 0 aliphatic carbocycles. The zero-order valence-corrected chi connectivity index (χ0v) is 11.7. The summed E-state index contributed by atoms with van der Waals surface area (Å²) in [4.78, 5) is 10.6. The van der Waals surface area contributed by atoms with Gasteiger partial charge in [-0.15, -0.1) is 5.10 Å². The number of hydrogen-bond acceptors (Lipinski definition) is 5. The fourth-order valence-electron chi connectivity index (χ4n) is 1.92. The van der Waals surface area contributed by atoms with Crippen LogP contribution in [0.2, 0.25) is 0 Å². The van der Waals surface area contributed by atoms with Gasteiger partial charge in [-0.25, -0.2) is 9.48 Å². The molecule has 112 valence electrons. The molecule has 7 heteroatoms. The molecule has 0 fully saturated rings. The van der Waals surface area contributed by atoms with Gasteiger partial charge in [0.2, 0.25) is 0 Å². The van der Waals surface area contributed by atoms with Gasteiger partial charge in [0.05, 0.1) is 18.3 Å². The molecule has 0 bridgehead atoms. The summed E-state index contributed by atoms with van der Waals surface area (Å²) < 4.78 is 6.41. The molecule has 0 saturated heterocycles. The Balaban J connectivity index is 1.92. The molecule has 0 radical (unpaired) electrons. The van der Waals surface area contributed by atoms with Crippen molar-refractivity contribution in [2.24, 2.45) is 5.73 Å². The van der Waals surface area contributed by atoms with Gasteiger partial charge < -0.3 is 15.6 Å². The fourth-order valence-corrected chi connectivity index (χ4v) is 1.92. The molecular formula is C14H18N4O3. The summed E-state index contributed by atoms with van der Waals surface area (Å²) in [6.45, 7) is 2.18. The van der Waals surface area contributed by atoms with Crippen molar-refractivity contribution in [1.29, 1.82) is 0 Å². The Morgan fingerprint density at radius 3 is 2.81 bits per heavy atom. The quantitative estimate of drug-likeness (QED) is 0.815. The van der Waals surface area contributed by atoms with Gasteiger partial charge in [-0.1, -0.05) is 35.5 Å². The van der Waals surface area contributed by atoms with E-state index in [1.54, 1.807) is 17.8 Å². The Morgan fingerprint density at radius 1 is 1.43 bits per heavy atom. The maximum absolute atomic E-state index is 10.6. The van der Waals surface area contributed by atoms with Gasteiger partial charge in [-0.05, 0) is 12.5 Å². The minimum absolute atomic E-state index is 0.239. The maximum atomic E-state index is 10.6. The lowest BCUT2D eigenvalue weighted by Crippen LogP contribution is -2.32. The topological polar surface area (TPSA) is 103 Å². The molecule has 2 unspecified atom stereocenters. The van der Waals surface area contributed by atoms with E-state index in [1.165, 1.54) is 0 Å². The third kappa shape index (κ3) is 4.57. The van der Waals surface area contributed by atoms with E-state index in [4.69, 9.17) is 10.5 Å². The molecule has 2 rings (SSSR count).